The summed E-state index contributed by atoms with van der Waals surface area (Å²) in [5.41, 5.74) is 0.728. The van der Waals surface area contributed by atoms with Gasteiger partial charge in [-0.3, -0.25) is 4.79 Å². The second kappa shape index (κ2) is 4.68. The maximum atomic E-state index is 12.3. The normalized spacial score (nSPS) is 24.0. The molecule has 0 saturated heterocycles. The van der Waals surface area contributed by atoms with Gasteiger partial charge < -0.3 is 0 Å². The summed E-state index contributed by atoms with van der Waals surface area (Å²) < 4.78 is 0.415. The molecule has 0 saturated carbocycles. The van der Waals surface area contributed by atoms with Crippen LogP contribution in [-0.2, 0) is 0 Å². The van der Waals surface area contributed by atoms with Crippen molar-refractivity contribution in [3.8, 4) is 0 Å². The van der Waals surface area contributed by atoms with Crippen LogP contribution in [0.1, 0.15) is 16.8 Å². The fourth-order valence-electron chi connectivity index (χ4n) is 1.65. The first kappa shape index (κ1) is 11.8. The van der Waals surface area contributed by atoms with E-state index < -0.39 is 4.32 Å². The molecule has 1 nitrogen and oxygen atoms in total. The van der Waals surface area contributed by atoms with E-state index >= 15 is 0 Å². The molecule has 1 aliphatic rings. The molecule has 82 valence electrons. The molecule has 1 aromatic rings. The number of carbonyl (C=O) groups is 1. The van der Waals surface area contributed by atoms with Gasteiger partial charge in [-0.05, 0) is 4.48 Å². The summed E-state index contributed by atoms with van der Waals surface area (Å²) >= 11 is 6.96. The number of Topliss-reactive ketones (excluding diaryl/α,β-unsaturated/α-hetero) is 1. The van der Waals surface area contributed by atoms with Crippen LogP contribution in [-0.4, -0.2) is 10.1 Å². The van der Waals surface area contributed by atoms with Gasteiger partial charge in [0.25, 0.3) is 0 Å². The van der Waals surface area contributed by atoms with E-state index in [0.717, 1.165) is 10.0 Å². The number of rotatable bonds is 2. The average Bonchev–Trinajstić information content (AvgIpc) is 2.29. The maximum Gasteiger partial charge on any atom is 0.183 e. The molecule has 0 spiro atoms. The van der Waals surface area contributed by atoms with Gasteiger partial charge in [-0.2, -0.15) is 0 Å². The Morgan fingerprint density at radius 1 is 1.25 bits per heavy atom. The van der Waals surface area contributed by atoms with Crippen molar-refractivity contribution in [2.45, 2.75) is 10.7 Å². The minimum absolute atomic E-state index is 0.0920. The Morgan fingerprint density at radius 3 is 2.56 bits per heavy atom. The standard InChI is InChI=1S/C13H10Br2O/c14-11-7-4-8-13(15,9-11)12(16)10-5-2-1-3-6-10/h1-8H,9H2. The number of halogens is 2. The predicted molar refractivity (Wildman–Crippen MR) is 73.2 cm³/mol. The summed E-state index contributed by atoms with van der Waals surface area (Å²) in [6, 6.07) is 9.34. The highest BCUT2D eigenvalue weighted by molar-refractivity contribution is 9.12. The maximum absolute atomic E-state index is 12.3. The molecular weight excluding hydrogens is 332 g/mol. The lowest BCUT2D eigenvalue weighted by molar-refractivity contribution is 0.0965. The van der Waals surface area contributed by atoms with Gasteiger partial charge in [0.05, 0.1) is 0 Å². The van der Waals surface area contributed by atoms with Gasteiger partial charge in [0.15, 0.2) is 5.78 Å². The summed E-state index contributed by atoms with van der Waals surface area (Å²) in [7, 11) is 0. The van der Waals surface area contributed by atoms with E-state index in [0.29, 0.717) is 6.42 Å². The quantitative estimate of drug-likeness (QED) is 0.580. The summed E-state index contributed by atoms with van der Waals surface area (Å²) in [5, 5.41) is 0. The molecule has 3 heteroatoms. The first-order valence-electron chi connectivity index (χ1n) is 4.94. The number of allylic oxidation sites excluding steroid dienone is 4. The van der Waals surface area contributed by atoms with Crippen molar-refractivity contribution in [2.24, 2.45) is 0 Å². The molecular formula is C13H10Br2O. The molecule has 2 rings (SSSR count). The van der Waals surface area contributed by atoms with E-state index in [9.17, 15) is 4.79 Å². The van der Waals surface area contributed by atoms with E-state index in [-0.39, 0.29) is 5.78 Å². The number of ketones is 1. The SMILES string of the molecule is O=C(c1ccccc1)C1(Br)C=CC=C(Br)C1. The second-order valence-electron chi connectivity index (χ2n) is 3.71. The zero-order chi connectivity index (χ0) is 11.6. The van der Waals surface area contributed by atoms with E-state index in [1.807, 2.05) is 48.6 Å². The number of alkyl halides is 1. The van der Waals surface area contributed by atoms with Crippen molar-refractivity contribution < 1.29 is 4.79 Å². The molecule has 0 N–H and O–H groups in total. The topological polar surface area (TPSA) is 17.1 Å². The highest BCUT2D eigenvalue weighted by atomic mass is 79.9. The second-order valence-corrected chi connectivity index (χ2v) is 6.14. The zero-order valence-electron chi connectivity index (χ0n) is 8.49. The van der Waals surface area contributed by atoms with Crippen molar-refractivity contribution >= 4 is 37.6 Å². The zero-order valence-corrected chi connectivity index (χ0v) is 11.7. The van der Waals surface area contributed by atoms with Crippen LogP contribution in [0.25, 0.3) is 0 Å². The van der Waals surface area contributed by atoms with Gasteiger partial charge in [0, 0.05) is 12.0 Å². The summed E-state index contributed by atoms with van der Waals surface area (Å²) in [5.74, 6) is 0.0920. The molecule has 0 fully saturated rings. The van der Waals surface area contributed by atoms with Crippen molar-refractivity contribution in [1.29, 1.82) is 0 Å². The lowest BCUT2D eigenvalue weighted by Crippen LogP contribution is -2.30. The molecule has 0 amide bonds. The minimum atomic E-state index is -0.609. The average molecular weight is 342 g/mol. The predicted octanol–water partition coefficient (Wildman–Crippen LogP) is 4.24. The van der Waals surface area contributed by atoms with Gasteiger partial charge in [0.2, 0.25) is 0 Å². The summed E-state index contributed by atoms with van der Waals surface area (Å²) in [6.45, 7) is 0. The van der Waals surface area contributed by atoms with Crippen LogP contribution in [0.3, 0.4) is 0 Å². The highest BCUT2D eigenvalue weighted by Crippen LogP contribution is 2.36. The van der Waals surface area contributed by atoms with E-state index in [1.165, 1.54) is 0 Å². The van der Waals surface area contributed by atoms with Gasteiger partial charge in [-0.25, -0.2) is 0 Å². The van der Waals surface area contributed by atoms with Crippen LogP contribution >= 0.6 is 31.9 Å². The third-order valence-corrected chi connectivity index (χ3v) is 3.93. The largest absolute Gasteiger partial charge is 0.292 e. The fourth-order valence-corrected chi connectivity index (χ4v) is 3.31. The van der Waals surface area contributed by atoms with Crippen molar-refractivity contribution in [1.82, 2.24) is 0 Å². The monoisotopic (exact) mass is 340 g/mol. The molecule has 1 atom stereocenters. The summed E-state index contributed by atoms with van der Waals surface area (Å²) in [6.07, 6.45) is 6.39. The third kappa shape index (κ3) is 2.36. The van der Waals surface area contributed by atoms with Gasteiger partial charge in [-0.15, -0.1) is 0 Å². The summed E-state index contributed by atoms with van der Waals surface area (Å²) in [4.78, 5) is 12.3. The molecule has 0 aliphatic heterocycles. The smallest absolute Gasteiger partial charge is 0.183 e. The molecule has 16 heavy (non-hydrogen) atoms. The Morgan fingerprint density at radius 2 is 1.94 bits per heavy atom. The lowest BCUT2D eigenvalue weighted by Gasteiger charge is -2.24. The Bertz CT molecular complexity index is 462. The molecule has 1 unspecified atom stereocenters. The lowest BCUT2D eigenvalue weighted by atomic mass is 9.91. The molecule has 0 radical (unpaired) electrons. The van der Waals surface area contributed by atoms with E-state index in [2.05, 4.69) is 31.9 Å². The van der Waals surface area contributed by atoms with Gasteiger partial charge in [-0.1, -0.05) is 80.4 Å². The Kier molecular flexibility index (Phi) is 3.45. The van der Waals surface area contributed by atoms with Crippen molar-refractivity contribution in [2.75, 3.05) is 0 Å². The third-order valence-electron chi connectivity index (χ3n) is 2.48. The van der Waals surface area contributed by atoms with Crippen molar-refractivity contribution in [3.63, 3.8) is 0 Å². The Labute approximate surface area is 111 Å². The van der Waals surface area contributed by atoms with Gasteiger partial charge in [0.1, 0.15) is 4.32 Å². The van der Waals surface area contributed by atoms with Gasteiger partial charge >= 0.3 is 0 Å². The molecule has 1 aliphatic carbocycles. The van der Waals surface area contributed by atoms with Crippen LogP contribution < -0.4 is 0 Å². The number of carbonyl (C=O) groups excluding carboxylic acids is 1. The van der Waals surface area contributed by atoms with Crippen LogP contribution in [0.2, 0.25) is 0 Å². The van der Waals surface area contributed by atoms with Crippen LogP contribution in [0, 0.1) is 0 Å². The first-order chi connectivity index (χ1) is 7.62. The Balaban J connectivity index is 2.30. The van der Waals surface area contributed by atoms with Crippen molar-refractivity contribution in [3.05, 3.63) is 58.6 Å². The molecule has 0 bridgehead atoms. The first-order valence-corrected chi connectivity index (χ1v) is 6.53. The molecule has 1 aromatic carbocycles. The number of benzene rings is 1. The van der Waals surface area contributed by atoms with Crippen LogP contribution in [0.5, 0.6) is 0 Å². The minimum Gasteiger partial charge on any atom is -0.292 e. The number of hydrogen-bond acceptors (Lipinski definition) is 1. The fraction of sp³-hybridized carbons (Fsp3) is 0.154. The Hall–Kier alpha value is -0.670. The van der Waals surface area contributed by atoms with E-state index in [1.54, 1.807) is 0 Å². The molecule has 0 aromatic heterocycles. The van der Waals surface area contributed by atoms with Crippen LogP contribution in [0.15, 0.2) is 53.0 Å². The highest BCUT2D eigenvalue weighted by Gasteiger charge is 2.35. The van der Waals surface area contributed by atoms with E-state index in [4.69, 9.17) is 0 Å². The molecule has 0 heterocycles. The van der Waals surface area contributed by atoms with Crippen LogP contribution in [0.4, 0.5) is 0 Å². The number of hydrogen-bond donors (Lipinski definition) is 0.